The van der Waals surface area contributed by atoms with Crippen molar-refractivity contribution < 1.29 is 14.8 Å². The standard InChI is InChI=1S/C14H25Br2NO2/c1-12(2)7-9(8-13(3,4)17-12)14(5,6)19-11(18)10(15)16/h9-10,17H,7-8H2,1-6H3/p+1. The summed E-state index contributed by atoms with van der Waals surface area (Å²) >= 11 is 6.39. The summed E-state index contributed by atoms with van der Waals surface area (Å²) in [5, 5.41) is 2.44. The van der Waals surface area contributed by atoms with Crippen LogP contribution in [0, 0.1) is 5.92 Å². The van der Waals surface area contributed by atoms with Gasteiger partial charge in [0.1, 0.15) is 5.60 Å². The highest BCUT2D eigenvalue weighted by Gasteiger charge is 2.48. The zero-order valence-corrected chi connectivity index (χ0v) is 15.9. The highest BCUT2D eigenvalue weighted by Crippen LogP contribution is 2.37. The van der Waals surface area contributed by atoms with Crippen molar-refractivity contribution in [2.75, 3.05) is 0 Å². The van der Waals surface area contributed by atoms with Crippen LogP contribution in [0.15, 0.2) is 0 Å². The number of carbonyl (C=O) groups is 1. The van der Waals surface area contributed by atoms with Crippen LogP contribution in [0.3, 0.4) is 0 Å². The lowest BCUT2D eigenvalue weighted by atomic mass is 9.70. The minimum absolute atomic E-state index is 0.179. The van der Waals surface area contributed by atoms with E-state index in [1.807, 2.05) is 13.8 Å². The lowest BCUT2D eigenvalue weighted by Crippen LogP contribution is -3.05. The first-order valence-electron chi connectivity index (χ1n) is 6.73. The van der Waals surface area contributed by atoms with Crippen LogP contribution in [0.5, 0.6) is 0 Å². The smallest absolute Gasteiger partial charge is 0.331 e. The van der Waals surface area contributed by atoms with E-state index in [1.165, 1.54) is 0 Å². The Labute approximate surface area is 133 Å². The number of alkyl halides is 2. The van der Waals surface area contributed by atoms with E-state index in [9.17, 15) is 4.79 Å². The fourth-order valence-electron chi connectivity index (χ4n) is 3.40. The van der Waals surface area contributed by atoms with E-state index in [-0.39, 0.29) is 17.0 Å². The lowest BCUT2D eigenvalue weighted by Gasteiger charge is -2.47. The summed E-state index contributed by atoms with van der Waals surface area (Å²) in [5.41, 5.74) is -0.0870. The van der Waals surface area contributed by atoms with Crippen molar-refractivity contribution in [3.05, 3.63) is 0 Å². The first kappa shape index (κ1) is 17.4. The van der Waals surface area contributed by atoms with Crippen LogP contribution in [0.1, 0.15) is 54.4 Å². The molecule has 0 radical (unpaired) electrons. The maximum Gasteiger partial charge on any atom is 0.331 e. The number of esters is 1. The van der Waals surface area contributed by atoms with Gasteiger partial charge in [0.05, 0.1) is 11.1 Å². The van der Waals surface area contributed by atoms with Gasteiger partial charge in [-0.05, 0) is 41.5 Å². The molecule has 5 heteroatoms. The van der Waals surface area contributed by atoms with Crippen LogP contribution >= 0.6 is 31.9 Å². The van der Waals surface area contributed by atoms with Crippen molar-refractivity contribution in [2.45, 2.75) is 74.8 Å². The average Bonchev–Trinajstić information content (AvgIpc) is 2.11. The van der Waals surface area contributed by atoms with E-state index >= 15 is 0 Å². The summed E-state index contributed by atoms with van der Waals surface area (Å²) in [6, 6.07) is 0. The summed E-state index contributed by atoms with van der Waals surface area (Å²) in [5.74, 6) is 0.111. The Morgan fingerprint density at radius 2 is 1.63 bits per heavy atom. The second-order valence-corrected chi connectivity index (χ2v) is 10.6. The molecule has 0 bridgehead atoms. The summed E-state index contributed by atoms with van der Waals surface area (Å²) < 4.78 is 5.24. The highest BCUT2D eigenvalue weighted by molar-refractivity contribution is 9.25. The fourth-order valence-corrected chi connectivity index (χ4v) is 3.58. The van der Waals surface area contributed by atoms with Crippen LogP contribution < -0.4 is 5.32 Å². The third-order valence-electron chi connectivity index (χ3n) is 3.85. The van der Waals surface area contributed by atoms with Crippen molar-refractivity contribution >= 4 is 37.8 Å². The topological polar surface area (TPSA) is 42.9 Å². The van der Waals surface area contributed by atoms with Gasteiger partial charge in [0, 0.05) is 18.8 Å². The Bertz CT molecular complexity index is 335. The van der Waals surface area contributed by atoms with E-state index in [2.05, 4.69) is 64.9 Å². The molecular formula is C14H26Br2NO2+. The van der Waals surface area contributed by atoms with Gasteiger partial charge in [-0.25, -0.2) is 4.79 Å². The molecule has 0 aliphatic carbocycles. The van der Waals surface area contributed by atoms with Crippen molar-refractivity contribution in [1.29, 1.82) is 0 Å². The number of quaternary nitrogens is 1. The van der Waals surface area contributed by atoms with E-state index < -0.39 is 9.34 Å². The molecule has 0 atom stereocenters. The summed E-state index contributed by atoms with van der Waals surface area (Å²) in [6.07, 6.45) is 2.10. The van der Waals surface area contributed by atoms with Gasteiger partial charge in [0.2, 0.25) is 0 Å². The van der Waals surface area contributed by atoms with Crippen LogP contribution in [0.4, 0.5) is 0 Å². The molecule has 0 spiro atoms. The zero-order valence-electron chi connectivity index (χ0n) is 12.7. The molecule has 0 unspecified atom stereocenters. The Morgan fingerprint density at radius 3 is 2.00 bits per heavy atom. The second kappa shape index (κ2) is 5.64. The minimum Gasteiger partial charge on any atom is -0.458 e. The Balaban J connectivity index is 2.85. The molecule has 3 nitrogen and oxygen atoms in total. The second-order valence-electron chi connectivity index (χ2n) is 7.55. The number of halogens is 2. The largest absolute Gasteiger partial charge is 0.458 e. The zero-order chi connectivity index (χ0) is 15.1. The first-order chi connectivity index (χ1) is 8.35. The molecule has 19 heavy (non-hydrogen) atoms. The lowest BCUT2D eigenvalue weighted by molar-refractivity contribution is -0.790. The van der Waals surface area contributed by atoms with Gasteiger partial charge in [0.25, 0.3) is 0 Å². The van der Waals surface area contributed by atoms with Crippen molar-refractivity contribution in [3.63, 3.8) is 0 Å². The summed E-state index contributed by atoms with van der Waals surface area (Å²) in [7, 11) is 0. The monoisotopic (exact) mass is 398 g/mol. The molecular weight excluding hydrogens is 374 g/mol. The number of nitrogens with two attached hydrogens (primary N) is 1. The molecule has 0 saturated carbocycles. The van der Waals surface area contributed by atoms with Gasteiger partial charge >= 0.3 is 5.97 Å². The number of ether oxygens (including phenoxy) is 1. The van der Waals surface area contributed by atoms with E-state index in [0.29, 0.717) is 5.92 Å². The Kier molecular flexibility index (Phi) is 5.18. The number of piperidine rings is 1. The molecule has 0 aromatic carbocycles. The predicted molar refractivity (Wildman–Crippen MR) is 84.6 cm³/mol. The molecule has 0 amide bonds. The normalized spacial score (nSPS) is 23.4. The van der Waals surface area contributed by atoms with E-state index in [0.717, 1.165) is 12.8 Å². The molecule has 0 aromatic heterocycles. The van der Waals surface area contributed by atoms with Crippen molar-refractivity contribution in [3.8, 4) is 0 Å². The van der Waals surface area contributed by atoms with E-state index in [4.69, 9.17) is 4.74 Å². The third-order valence-corrected chi connectivity index (χ3v) is 4.60. The van der Waals surface area contributed by atoms with Gasteiger partial charge < -0.3 is 10.1 Å². The molecule has 0 aromatic rings. The molecule has 2 N–H and O–H groups in total. The number of carbonyl (C=O) groups excluding carboxylic acids is 1. The first-order valence-corrected chi connectivity index (χ1v) is 8.56. The number of hydrogen-bond donors (Lipinski definition) is 1. The maximum absolute atomic E-state index is 11.8. The molecule has 1 rings (SSSR count). The predicted octanol–water partition coefficient (Wildman–Crippen LogP) is 2.95. The molecule has 1 aliphatic rings. The quantitative estimate of drug-likeness (QED) is 0.585. The molecule has 1 heterocycles. The number of hydrogen-bond acceptors (Lipinski definition) is 2. The average molecular weight is 400 g/mol. The highest BCUT2D eigenvalue weighted by atomic mass is 79.9. The van der Waals surface area contributed by atoms with Gasteiger partial charge in [-0.3, -0.25) is 0 Å². The van der Waals surface area contributed by atoms with Crippen molar-refractivity contribution in [1.82, 2.24) is 0 Å². The van der Waals surface area contributed by atoms with Gasteiger partial charge in [-0.2, -0.15) is 0 Å². The van der Waals surface area contributed by atoms with E-state index in [1.54, 1.807) is 0 Å². The Hall–Kier alpha value is 0.390. The van der Waals surface area contributed by atoms with Gasteiger partial charge in [0.15, 0.2) is 3.74 Å². The summed E-state index contributed by atoms with van der Waals surface area (Å²) in [4.78, 5) is 11.8. The Morgan fingerprint density at radius 1 is 1.21 bits per heavy atom. The van der Waals surface area contributed by atoms with Gasteiger partial charge in [-0.1, -0.05) is 31.9 Å². The third kappa shape index (κ3) is 5.01. The minimum atomic E-state index is -0.445. The van der Waals surface area contributed by atoms with Crippen LogP contribution in [0.25, 0.3) is 0 Å². The fraction of sp³-hybridized carbons (Fsp3) is 0.929. The van der Waals surface area contributed by atoms with Gasteiger partial charge in [-0.15, -0.1) is 0 Å². The van der Waals surface area contributed by atoms with Crippen LogP contribution in [0.2, 0.25) is 0 Å². The maximum atomic E-state index is 11.8. The van der Waals surface area contributed by atoms with Crippen molar-refractivity contribution in [2.24, 2.45) is 5.92 Å². The molecule has 1 aliphatic heterocycles. The molecule has 1 saturated heterocycles. The molecule has 112 valence electrons. The molecule has 1 fully saturated rings. The number of rotatable bonds is 3. The van der Waals surface area contributed by atoms with Crippen LogP contribution in [-0.4, -0.2) is 26.4 Å². The summed E-state index contributed by atoms with van der Waals surface area (Å²) in [6.45, 7) is 13.1. The SMILES string of the molecule is CC1(C)CC(C(C)(C)OC(=O)C(Br)Br)CC(C)(C)[NH2+]1. The van der Waals surface area contributed by atoms with Crippen LogP contribution in [-0.2, 0) is 9.53 Å².